The van der Waals surface area contributed by atoms with Crippen molar-refractivity contribution in [2.75, 3.05) is 13.1 Å². The smallest absolute Gasteiger partial charge is 0.251 e. The maximum absolute atomic E-state index is 13.0. The summed E-state index contributed by atoms with van der Waals surface area (Å²) in [5.74, 6) is 0.208. The van der Waals surface area contributed by atoms with Crippen LogP contribution in [0.15, 0.2) is 47.1 Å². The SMILES string of the molecule is CCC(=O)N1CCC(C(NC(=O)c2cccc(C)c2)C(=O)NCc2ccco2)CC1. The zero-order valence-corrected chi connectivity index (χ0v) is 17.5. The maximum atomic E-state index is 13.0. The van der Waals surface area contributed by atoms with E-state index in [2.05, 4.69) is 10.6 Å². The topological polar surface area (TPSA) is 91.7 Å². The molecule has 30 heavy (non-hydrogen) atoms. The van der Waals surface area contributed by atoms with E-state index in [-0.39, 0.29) is 30.2 Å². The molecule has 7 heteroatoms. The van der Waals surface area contributed by atoms with Crippen molar-refractivity contribution >= 4 is 17.7 Å². The lowest BCUT2D eigenvalue weighted by atomic mass is 9.88. The van der Waals surface area contributed by atoms with Crippen LogP contribution in [-0.4, -0.2) is 41.8 Å². The van der Waals surface area contributed by atoms with Gasteiger partial charge in [-0.3, -0.25) is 14.4 Å². The van der Waals surface area contributed by atoms with Crippen LogP contribution in [0.4, 0.5) is 0 Å². The number of amides is 3. The number of aryl methyl sites for hydroxylation is 1. The van der Waals surface area contributed by atoms with Gasteiger partial charge in [-0.15, -0.1) is 0 Å². The van der Waals surface area contributed by atoms with Gasteiger partial charge >= 0.3 is 0 Å². The first-order chi connectivity index (χ1) is 14.5. The average Bonchev–Trinajstić information content (AvgIpc) is 3.29. The van der Waals surface area contributed by atoms with Gasteiger partial charge in [0.25, 0.3) is 5.91 Å². The summed E-state index contributed by atoms with van der Waals surface area (Å²) in [6, 6.07) is 10.2. The van der Waals surface area contributed by atoms with Crippen molar-refractivity contribution in [3.05, 3.63) is 59.5 Å². The van der Waals surface area contributed by atoms with Gasteiger partial charge in [0.05, 0.1) is 12.8 Å². The summed E-state index contributed by atoms with van der Waals surface area (Å²) in [6.07, 6.45) is 3.36. The summed E-state index contributed by atoms with van der Waals surface area (Å²) in [7, 11) is 0. The molecule has 3 amide bonds. The minimum Gasteiger partial charge on any atom is -0.467 e. The van der Waals surface area contributed by atoms with E-state index in [1.165, 1.54) is 0 Å². The summed E-state index contributed by atoms with van der Waals surface area (Å²) in [5.41, 5.74) is 1.50. The second-order valence-electron chi connectivity index (χ2n) is 7.69. The van der Waals surface area contributed by atoms with Gasteiger partial charge in [0.15, 0.2) is 0 Å². The third-order valence-electron chi connectivity index (χ3n) is 5.53. The Bertz CT molecular complexity index is 870. The molecule has 1 aliphatic heterocycles. The summed E-state index contributed by atoms with van der Waals surface area (Å²) >= 11 is 0. The second kappa shape index (κ2) is 10.1. The third kappa shape index (κ3) is 5.49. The monoisotopic (exact) mass is 411 g/mol. The van der Waals surface area contributed by atoms with E-state index in [9.17, 15) is 14.4 Å². The van der Waals surface area contributed by atoms with Crippen molar-refractivity contribution in [2.45, 2.75) is 45.7 Å². The van der Waals surface area contributed by atoms with Gasteiger partial charge in [-0.1, -0.05) is 24.6 Å². The lowest BCUT2D eigenvalue weighted by molar-refractivity contribution is -0.132. The molecule has 0 aliphatic carbocycles. The van der Waals surface area contributed by atoms with Gasteiger partial charge in [0, 0.05) is 25.1 Å². The number of nitrogens with zero attached hydrogens (tertiary/aromatic N) is 1. The highest BCUT2D eigenvalue weighted by Crippen LogP contribution is 2.22. The van der Waals surface area contributed by atoms with E-state index in [4.69, 9.17) is 4.42 Å². The van der Waals surface area contributed by atoms with E-state index in [1.807, 2.05) is 30.9 Å². The van der Waals surface area contributed by atoms with Gasteiger partial charge in [-0.25, -0.2) is 0 Å². The number of rotatable bonds is 7. The van der Waals surface area contributed by atoms with Gasteiger partial charge in [0.1, 0.15) is 11.8 Å². The molecule has 0 bridgehead atoms. The molecule has 1 atom stereocenters. The molecule has 2 aromatic rings. The van der Waals surface area contributed by atoms with E-state index >= 15 is 0 Å². The van der Waals surface area contributed by atoms with Crippen LogP contribution in [-0.2, 0) is 16.1 Å². The Morgan fingerprint density at radius 2 is 1.93 bits per heavy atom. The van der Waals surface area contributed by atoms with Gasteiger partial charge < -0.3 is 20.0 Å². The standard InChI is InChI=1S/C23H29N3O4/c1-3-20(27)26-11-9-17(10-12-26)21(23(29)24-15-19-8-5-13-30-19)25-22(28)18-7-4-6-16(2)14-18/h4-8,13-14,17,21H,3,9-12,15H2,1-2H3,(H,24,29)(H,25,28). The number of carbonyl (C=O) groups is 3. The molecule has 1 saturated heterocycles. The Kier molecular flexibility index (Phi) is 7.27. The normalized spacial score (nSPS) is 15.5. The second-order valence-corrected chi connectivity index (χ2v) is 7.69. The fourth-order valence-corrected chi connectivity index (χ4v) is 3.81. The van der Waals surface area contributed by atoms with Crippen LogP contribution in [0.2, 0.25) is 0 Å². The Hall–Kier alpha value is -3.09. The fraction of sp³-hybridized carbons (Fsp3) is 0.435. The molecule has 1 aromatic carbocycles. The molecule has 1 fully saturated rings. The number of piperidine rings is 1. The number of nitrogens with one attached hydrogen (secondary N) is 2. The van der Waals surface area contributed by atoms with Crippen molar-refractivity contribution < 1.29 is 18.8 Å². The van der Waals surface area contributed by atoms with Gasteiger partial charge in [-0.2, -0.15) is 0 Å². The van der Waals surface area contributed by atoms with Crippen LogP contribution in [0.25, 0.3) is 0 Å². The molecular weight excluding hydrogens is 382 g/mol. The van der Waals surface area contributed by atoms with Crippen molar-refractivity contribution in [1.29, 1.82) is 0 Å². The maximum Gasteiger partial charge on any atom is 0.251 e. The van der Waals surface area contributed by atoms with Crippen LogP contribution in [0, 0.1) is 12.8 Å². The highest BCUT2D eigenvalue weighted by atomic mass is 16.3. The molecule has 1 unspecified atom stereocenters. The number of benzene rings is 1. The van der Waals surface area contributed by atoms with Crippen LogP contribution >= 0.6 is 0 Å². The van der Waals surface area contributed by atoms with E-state index in [0.29, 0.717) is 43.7 Å². The number of hydrogen-bond acceptors (Lipinski definition) is 4. The highest BCUT2D eigenvalue weighted by Gasteiger charge is 2.33. The van der Waals surface area contributed by atoms with E-state index < -0.39 is 6.04 Å². The third-order valence-corrected chi connectivity index (χ3v) is 5.53. The van der Waals surface area contributed by atoms with Crippen LogP contribution < -0.4 is 10.6 Å². The van der Waals surface area contributed by atoms with Crippen LogP contribution in [0.3, 0.4) is 0 Å². The number of carbonyl (C=O) groups excluding carboxylic acids is 3. The predicted molar refractivity (Wildman–Crippen MR) is 113 cm³/mol. The molecule has 1 aromatic heterocycles. The first kappa shape index (κ1) is 21.6. The number of furan rings is 1. The minimum atomic E-state index is -0.674. The molecule has 160 valence electrons. The fourth-order valence-electron chi connectivity index (χ4n) is 3.81. The first-order valence-corrected chi connectivity index (χ1v) is 10.4. The summed E-state index contributed by atoms with van der Waals surface area (Å²) < 4.78 is 5.28. The quantitative estimate of drug-likeness (QED) is 0.733. The first-order valence-electron chi connectivity index (χ1n) is 10.4. The Morgan fingerprint density at radius 3 is 2.57 bits per heavy atom. The van der Waals surface area contributed by atoms with Crippen LogP contribution in [0.1, 0.15) is 47.9 Å². The molecule has 2 heterocycles. The zero-order chi connectivity index (χ0) is 21.5. The van der Waals surface area contributed by atoms with E-state index in [1.54, 1.807) is 30.5 Å². The molecule has 0 spiro atoms. The lowest BCUT2D eigenvalue weighted by Crippen LogP contribution is -2.53. The van der Waals surface area contributed by atoms with Gasteiger partial charge in [0.2, 0.25) is 11.8 Å². The molecule has 0 saturated carbocycles. The van der Waals surface area contributed by atoms with E-state index in [0.717, 1.165) is 5.56 Å². The van der Waals surface area contributed by atoms with Crippen LogP contribution in [0.5, 0.6) is 0 Å². The molecule has 2 N–H and O–H groups in total. The molecule has 7 nitrogen and oxygen atoms in total. The number of hydrogen-bond donors (Lipinski definition) is 2. The summed E-state index contributed by atoms with van der Waals surface area (Å²) in [4.78, 5) is 39.6. The van der Waals surface area contributed by atoms with Gasteiger partial charge in [-0.05, 0) is 49.9 Å². The predicted octanol–water partition coefficient (Wildman–Crippen LogP) is 2.65. The molecular formula is C23H29N3O4. The molecule has 3 rings (SSSR count). The van der Waals surface area contributed by atoms with Crippen molar-refractivity contribution in [3.63, 3.8) is 0 Å². The molecule has 1 aliphatic rings. The average molecular weight is 412 g/mol. The van der Waals surface area contributed by atoms with Crippen molar-refractivity contribution in [2.24, 2.45) is 5.92 Å². The minimum absolute atomic E-state index is 0.0451. The summed E-state index contributed by atoms with van der Waals surface area (Å²) in [6.45, 7) is 5.22. The highest BCUT2D eigenvalue weighted by molar-refractivity contribution is 5.97. The Morgan fingerprint density at radius 1 is 1.17 bits per heavy atom. The zero-order valence-electron chi connectivity index (χ0n) is 17.5. The summed E-state index contributed by atoms with van der Waals surface area (Å²) in [5, 5.41) is 5.80. The van der Waals surface area contributed by atoms with Crippen molar-refractivity contribution in [3.8, 4) is 0 Å². The lowest BCUT2D eigenvalue weighted by Gasteiger charge is -2.35. The Balaban J connectivity index is 1.70. The van der Waals surface area contributed by atoms with Crippen molar-refractivity contribution in [1.82, 2.24) is 15.5 Å². The largest absolute Gasteiger partial charge is 0.467 e. The Labute approximate surface area is 176 Å². The number of likely N-dealkylation sites (tertiary alicyclic amines) is 1. The molecule has 0 radical (unpaired) electrons.